The molecule has 0 aliphatic carbocycles. The number of ether oxygens (including phenoxy) is 1. The van der Waals surface area contributed by atoms with E-state index in [0.29, 0.717) is 11.8 Å². The van der Waals surface area contributed by atoms with Crippen LogP contribution in [0.5, 0.6) is 5.75 Å². The van der Waals surface area contributed by atoms with E-state index in [-0.39, 0.29) is 10.8 Å². The lowest BCUT2D eigenvalue weighted by Crippen LogP contribution is -2.44. The van der Waals surface area contributed by atoms with Crippen molar-refractivity contribution in [2.45, 2.75) is 45.4 Å². The Morgan fingerprint density at radius 3 is 2.39 bits per heavy atom. The van der Waals surface area contributed by atoms with Gasteiger partial charge in [-0.1, -0.05) is 46.8 Å². The molecule has 5 rings (SSSR count). The third-order valence-corrected chi connectivity index (χ3v) is 13.3. The predicted molar refractivity (Wildman–Crippen MR) is 175 cm³/mol. The Morgan fingerprint density at radius 2 is 1.71 bits per heavy atom. The summed E-state index contributed by atoms with van der Waals surface area (Å²) in [5.41, 5.74) is 3.58. The molecule has 0 bridgehead atoms. The zero-order valence-electron chi connectivity index (χ0n) is 25.1. The number of anilines is 5. The smallest absolute Gasteiger partial charge is 0.229 e. The van der Waals surface area contributed by atoms with Gasteiger partial charge in [0.05, 0.1) is 28.7 Å². The van der Waals surface area contributed by atoms with Crippen LogP contribution in [0, 0.1) is 0 Å². The van der Waals surface area contributed by atoms with E-state index in [1.807, 2.05) is 41.8 Å². The summed E-state index contributed by atoms with van der Waals surface area (Å²) in [7, 11) is 1.05. The van der Waals surface area contributed by atoms with Gasteiger partial charge in [-0.05, 0) is 42.8 Å². The van der Waals surface area contributed by atoms with E-state index >= 15 is 0 Å². The quantitative estimate of drug-likeness (QED) is 0.209. The molecule has 1 unspecified atom stereocenters. The number of hydrogen-bond donors (Lipinski definition) is 2. The third kappa shape index (κ3) is 5.81. The third-order valence-electron chi connectivity index (χ3n) is 7.84. The topological polar surface area (TPSA) is 82.6 Å². The first kappa shape index (κ1) is 29.4. The van der Waals surface area contributed by atoms with Crippen LogP contribution in [-0.2, 0) is 4.57 Å². The van der Waals surface area contributed by atoms with Crippen molar-refractivity contribution in [1.82, 2.24) is 14.9 Å². The molecule has 10 heteroatoms. The van der Waals surface area contributed by atoms with Crippen LogP contribution in [-0.4, -0.2) is 66.0 Å². The van der Waals surface area contributed by atoms with E-state index < -0.39 is 7.14 Å². The highest BCUT2D eigenvalue weighted by Gasteiger charge is 2.42. The van der Waals surface area contributed by atoms with E-state index in [1.54, 1.807) is 18.4 Å². The minimum absolute atomic E-state index is 0.00360. The van der Waals surface area contributed by atoms with Gasteiger partial charge >= 0.3 is 0 Å². The van der Waals surface area contributed by atoms with Gasteiger partial charge in [0.1, 0.15) is 12.9 Å². The van der Waals surface area contributed by atoms with Crippen LogP contribution >= 0.6 is 18.5 Å². The van der Waals surface area contributed by atoms with Crippen LogP contribution in [0.2, 0.25) is 0 Å². The van der Waals surface area contributed by atoms with Crippen molar-refractivity contribution in [2.75, 3.05) is 55.9 Å². The lowest BCUT2D eigenvalue weighted by atomic mass is 10.2. The lowest BCUT2D eigenvalue weighted by Gasteiger charge is -2.36. The molecule has 2 aromatic heterocycles. The Balaban J connectivity index is 1.49. The molecule has 3 heterocycles. The van der Waals surface area contributed by atoms with Crippen LogP contribution in [0.4, 0.5) is 28.8 Å². The van der Waals surface area contributed by atoms with Gasteiger partial charge in [-0.2, -0.15) is 4.98 Å². The average Bonchev–Trinajstić information content (AvgIpc) is 3.42. The van der Waals surface area contributed by atoms with Crippen molar-refractivity contribution in [3.63, 3.8) is 0 Å². The zero-order valence-corrected chi connectivity index (χ0v) is 26.8. The number of aromatic nitrogens is 2. The van der Waals surface area contributed by atoms with Gasteiger partial charge in [0.15, 0.2) is 5.82 Å². The molecule has 1 atom stereocenters. The number of thiophene rings is 1. The summed E-state index contributed by atoms with van der Waals surface area (Å²) in [5.74, 6) is 1.87. The van der Waals surface area contributed by atoms with Crippen molar-refractivity contribution in [3.8, 4) is 5.75 Å². The second-order valence-electron chi connectivity index (χ2n) is 11.9. The maximum absolute atomic E-state index is 14.6. The van der Waals surface area contributed by atoms with Crippen LogP contribution in [0.15, 0.2) is 53.9 Å². The molecule has 218 valence electrons. The lowest BCUT2D eigenvalue weighted by molar-refractivity contribution is 0.312. The number of piperazine rings is 1. The number of methoxy groups -OCH3 is 1. The number of para-hydroxylation sites is 1. The van der Waals surface area contributed by atoms with Crippen LogP contribution < -0.4 is 25.6 Å². The predicted octanol–water partition coefficient (Wildman–Crippen LogP) is 7.13. The summed E-state index contributed by atoms with van der Waals surface area (Å²) in [6, 6.07) is 16.1. The summed E-state index contributed by atoms with van der Waals surface area (Å²) < 4.78 is 21.3. The Labute approximate surface area is 247 Å². The van der Waals surface area contributed by atoms with E-state index in [4.69, 9.17) is 14.7 Å². The molecule has 1 aliphatic heterocycles. The van der Waals surface area contributed by atoms with Crippen LogP contribution in [0.3, 0.4) is 0 Å². The number of hydrogen-bond acceptors (Lipinski definition) is 9. The normalized spacial score (nSPS) is 16.1. The molecule has 0 amide bonds. The molecule has 1 aliphatic rings. The number of fused-ring (bicyclic) bond motifs is 1. The van der Waals surface area contributed by atoms with E-state index in [2.05, 4.69) is 74.2 Å². The Bertz CT molecular complexity index is 1570. The minimum Gasteiger partial charge on any atom is -0.494 e. The monoisotopic (exact) mass is 592 g/mol. The first-order chi connectivity index (χ1) is 19.5. The highest BCUT2D eigenvalue weighted by Crippen LogP contribution is 2.61. The number of benzene rings is 2. The van der Waals surface area contributed by atoms with E-state index in [9.17, 15) is 4.57 Å². The van der Waals surface area contributed by atoms with Crippen molar-refractivity contribution >= 4 is 62.8 Å². The molecule has 1 saturated heterocycles. The molecule has 2 aromatic carbocycles. The molecule has 41 heavy (non-hydrogen) atoms. The summed E-state index contributed by atoms with van der Waals surface area (Å²) in [4.78, 5) is 14.4. The maximum Gasteiger partial charge on any atom is 0.229 e. The fourth-order valence-electron chi connectivity index (χ4n) is 5.58. The molecule has 4 aromatic rings. The van der Waals surface area contributed by atoms with Gasteiger partial charge < -0.3 is 29.7 Å². The van der Waals surface area contributed by atoms with Crippen LogP contribution in [0.25, 0.3) is 10.2 Å². The van der Waals surface area contributed by atoms with Gasteiger partial charge in [0, 0.05) is 54.1 Å². The second-order valence-corrected chi connectivity index (χ2v) is 17.0. The first-order valence-electron chi connectivity index (χ1n) is 14.1. The summed E-state index contributed by atoms with van der Waals surface area (Å²) in [6.07, 6.45) is 0. The van der Waals surface area contributed by atoms with Gasteiger partial charge in [0.25, 0.3) is 0 Å². The number of rotatable bonds is 8. The zero-order chi connectivity index (χ0) is 29.4. The van der Waals surface area contributed by atoms with Crippen molar-refractivity contribution in [2.24, 2.45) is 0 Å². The molecular weight excluding hydrogens is 551 g/mol. The van der Waals surface area contributed by atoms with Crippen molar-refractivity contribution in [3.05, 3.63) is 53.9 Å². The Hall–Kier alpha value is -3.13. The summed E-state index contributed by atoms with van der Waals surface area (Å²) in [5, 5.41) is 9.42. The molecule has 1 fully saturated rings. The van der Waals surface area contributed by atoms with Gasteiger partial charge in [0.2, 0.25) is 5.95 Å². The van der Waals surface area contributed by atoms with Crippen molar-refractivity contribution < 1.29 is 9.30 Å². The fraction of sp³-hybridized carbons (Fsp3) is 0.419. The Morgan fingerprint density at radius 1 is 0.976 bits per heavy atom. The SMILES string of the molecule is COc1cc(N2CCN(C)CC2)ccc1Nc1nc(Nc2ccccc2P(=O)(C(C)C)C(C)(C)C)c2sccc2n1. The van der Waals surface area contributed by atoms with Crippen LogP contribution in [0.1, 0.15) is 34.6 Å². The molecule has 2 N–H and O–H groups in total. The summed E-state index contributed by atoms with van der Waals surface area (Å²) >= 11 is 1.58. The Kier molecular flexibility index (Phi) is 8.33. The highest BCUT2D eigenvalue weighted by atomic mass is 32.1. The van der Waals surface area contributed by atoms with E-state index in [1.165, 1.54) is 0 Å². The average molecular weight is 593 g/mol. The van der Waals surface area contributed by atoms with Crippen molar-refractivity contribution in [1.29, 1.82) is 0 Å². The van der Waals surface area contributed by atoms with Gasteiger partial charge in [-0.15, -0.1) is 11.3 Å². The molecule has 0 saturated carbocycles. The molecule has 8 nitrogen and oxygen atoms in total. The maximum atomic E-state index is 14.6. The number of nitrogens with one attached hydrogen (secondary N) is 2. The minimum atomic E-state index is -2.79. The fourth-order valence-corrected chi connectivity index (χ4v) is 9.98. The van der Waals surface area contributed by atoms with Gasteiger partial charge in [-0.3, -0.25) is 0 Å². The molecule has 0 spiro atoms. The standard InChI is InChI=1S/C31H41N6O2PS/c1-21(2)40(38,31(3,4)5)27-11-9-8-10-24(27)32-29-28-25(14-19-41-28)34-30(35-29)33-23-13-12-22(20-26(23)39-7)37-17-15-36(6)16-18-37/h8-14,19-21H,15-18H2,1-7H3,(H2,32,33,34,35). The van der Waals surface area contributed by atoms with E-state index in [0.717, 1.165) is 64.5 Å². The first-order valence-corrected chi connectivity index (χ1v) is 16.8. The largest absolute Gasteiger partial charge is 0.494 e. The molecular formula is C31H41N6O2PS. The van der Waals surface area contributed by atoms with Gasteiger partial charge in [-0.25, -0.2) is 4.98 Å². The number of likely N-dealkylation sites (N-methyl/N-ethyl adjacent to an activating group) is 1. The summed E-state index contributed by atoms with van der Waals surface area (Å²) in [6.45, 7) is 14.4. The number of nitrogens with zero attached hydrogens (tertiary/aromatic N) is 4. The second kappa shape index (κ2) is 11.6. The highest BCUT2D eigenvalue weighted by molar-refractivity contribution is 7.74. The molecule has 0 radical (unpaired) electrons.